The monoisotopic (exact) mass is 251 g/mol. The van der Waals surface area contributed by atoms with Crippen molar-refractivity contribution < 1.29 is 9.47 Å². The quantitative estimate of drug-likeness (QED) is 0.790. The molecular formula is C15H25NO2. The standard InChI is InChI=1S/C15H25NO2/c1-15(2,3)11-13(16)12-7-5-6-8-14(12)18-10-9-17-4/h5-8,13H,9-11,16H2,1-4H3. The number of methoxy groups -OCH3 is 1. The molecule has 0 amide bonds. The molecule has 0 aromatic heterocycles. The highest BCUT2D eigenvalue weighted by molar-refractivity contribution is 5.35. The van der Waals surface area contributed by atoms with Gasteiger partial charge in [-0.2, -0.15) is 0 Å². The summed E-state index contributed by atoms with van der Waals surface area (Å²) < 4.78 is 10.7. The predicted octanol–water partition coefficient (Wildman–Crippen LogP) is 3.15. The minimum absolute atomic E-state index is 0.00347. The lowest BCUT2D eigenvalue weighted by Gasteiger charge is -2.24. The highest BCUT2D eigenvalue weighted by Crippen LogP contribution is 2.32. The van der Waals surface area contributed by atoms with Crippen molar-refractivity contribution >= 4 is 0 Å². The topological polar surface area (TPSA) is 44.5 Å². The van der Waals surface area contributed by atoms with Crippen molar-refractivity contribution in [3.63, 3.8) is 0 Å². The molecule has 3 nitrogen and oxygen atoms in total. The summed E-state index contributed by atoms with van der Waals surface area (Å²) in [7, 11) is 1.67. The molecule has 0 saturated heterocycles. The van der Waals surface area contributed by atoms with E-state index in [1.165, 1.54) is 0 Å². The zero-order valence-electron chi connectivity index (χ0n) is 11.9. The lowest BCUT2D eigenvalue weighted by atomic mass is 9.85. The Balaban J connectivity index is 2.74. The van der Waals surface area contributed by atoms with Gasteiger partial charge in [0.2, 0.25) is 0 Å². The van der Waals surface area contributed by atoms with E-state index in [1.807, 2.05) is 24.3 Å². The Bertz CT molecular complexity index is 358. The summed E-state index contributed by atoms with van der Waals surface area (Å²) in [6.45, 7) is 7.72. The third-order valence-corrected chi connectivity index (χ3v) is 2.70. The number of hydrogen-bond acceptors (Lipinski definition) is 3. The van der Waals surface area contributed by atoms with Gasteiger partial charge in [0.25, 0.3) is 0 Å². The number of ether oxygens (including phenoxy) is 2. The number of para-hydroxylation sites is 1. The molecule has 0 heterocycles. The van der Waals surface area contributed by atoms with E-state index >= 15 is 0 Å². The highest BCUT2D eigenvalue weighted by Gasteiger charge is 2.19. The Hall–Kier alpha value is -1.06. The van der Waals surface area contributed by atoms with Crippen molar-refractivity contribution in [3.8, 4) is 5.75 Å². The van der Waals surface area contributed by atoms with Crippen LogP contribution in [0, 0.1) is 5.41 Å². The first-order chi connectivity index (χ1) is 8.44. The lowest BCUT2D eigenvalue weighted by Crippen LogP contribution is -2.19. The first-order valence-electron chi connectivity index (χ1n) is 6.40. The molecule has 1 aromatic rings. The smallest absolute Gasteiger partial charge is 0.124 e. The first kappa shape index (κ1) is 15.0. The van der Waals surface area contributed by atoms with Gasteiger partial charge in [-0.1, -0.05) is 39.0 Å². The van der Waals surface area contributed by atoms with E-state index < -0.39 is 0 Å². The van der Waals surface area contributed by atoms with Crippen LogP contribution in [0.15, 0.2) is 24.3 Å². The average Bonchev–Trinajstić information content (AvgIpc) is 2.27. The molecule has 0 bridgehead atoms. The third kappa shape index (κ3) is 5.07. The molecule has 0 spiro atoms. The fourth-order valence-corrected chi connectivity index (χ4v) is 1.92. The predicted molar refractivity (Wildman–Crippen MR) is 74.8 cm³/mol. The van der Waals surface area contributed by atoms with Gasteiger partial charge in [0.1, 0.15) is 12.4 Å². The molecular weight excluding hydrogens is 226 g/mol. The van der Waals surface area contributed by atoms with Gasteiger partial charge in [0, 0.05) is 18.7 Å². The molecule has 1 unspecified atom stereocenters. The van der Waals surface area contributed by atoms with Crippen LogP contribution in [0.1, 0.15) is 38.8 Å². The van der Waals surface area contributed by atoms with Crippen molar-refractivity contribution in [2.75, 3.05) is 20.3 Å². The van der Waals surface area contributed by atoms with Crippen molar-refractivity contribution in [2.45, 2.75) is 33.2 Å². The van der Waals surface area contributed by atoms with Crippen LogP contribution in [0.3, 0.4) is 0 Å². The van der Waals surface area contributed by atoms with E-state index in [-0.39, 0.29) is 11.5 Å². The second kappa shape index (κ2) is 6.76. The van der Waals surface area contributed by atoms with Gasteiger partial charge >= 0.3 is 0 Å². The Morgan fingerprint density at radius 3 is 2.44 bits per heavy atom. The van der Waals surface area contributed by atoms with Crippen LogP contribution in [0.5, 0.6) is 5.75 Å². The molecule has 1 rings (SSSR count). The summed E-state index contributed by atoms with van der Waals surface area (Å²) >= 11 is 0. The number of hydrogen-bond donors (Lipinski definition) is 1. The number of benzene rings is 1. The van der Waals surface area contributed by atoms with E-state index in [9.17, 15) is 0 Å². The molecule has 0 radical (unpaired) electrons. The largest absolute Gasteiger partial charge is 0.491 e. The van der Waals surface area contributed by atoms with E-state index in [0.717, 1.165) is 17.7 Å². The molecule has 0 aliphatic rings. The fraction of sp³-hybridized carbons (Fsp3) is 0.600. The molecule has 3 heteroatoms. The number of nitrogens with two attached hydrogens (primary N) is 1. The molecule has 1 atom stereocenters. The zero-order chi connectivity index (χ0) is 13.6. The molecule has 2 N–H and O–H groups in total. The maximum atomic E-state index is 6.27. The molecule has 0 aliphatic carbocycles. The Morgan fingerprint density at radius 2 is 1.83 bits per heavy atom. The van der Waals surface area contributed by atoms with Crippen LogP contribution in [-0.2, 0) is 4.74 Å². The second-order valence-corrected chi connectivity index (χ2v) is 5.75. The van der Waals surface area contributed by atoms with Crippen molar-refractivity contribution in [2.24, 2.45) is 11.1 Å². The van der Waals surface area contributed by atoms with Crippen LogP contribution in [0.2, 0.25) is 0 Å². The summed E-state index contributed by atoms with van der Waals surface area (Å²) in [5.74, 6) is 0.867. The van der Waals surface area contributed by atoms with Crippen LogP contribution < -0.4 is 10.5 Å². The summed E-state index contributed by atoms with van der Waals surface area (Å²) in [5.41, 5.74) is 7.56. The molecule has 1 aromatic carbocycles. The maximum Gasteiger partial charge on any atom is 0.124 e. The highest BCUT2D eigenvalue weighted by atomic mass is 16.5. The summed E-state index contributed by atoms with van der Waals surface area (Å²) in [6, 6.07) is 7.98. The first-order valence-corrected chi connectivity index (χ1v) is 6.40. The van der Waals surface area contributed by atoms with Gasteiger partial charge in [-0.05, 0) is 17.9 Å². The van der Waals surface area contributed by atoms with E-state index in [4.69, 9.17) is 15.2 Å². The minimum Gasteiger partial charge on any atom is -0.491 e. The lowest BCUT2D eigenvalue weighted by molar-refractivity contribution is 0.145. The van der Waals surface area contributed by atoms with Crippen LogP contribution in [0.4, 0.5) is 0 Å². The Labute approximate surface area is 110 Å². The summed E-state index contributed by atoms with van der Waals surface area (Å²) in [6.07, 6.45) is 0.928. The van der Waals surface area contributed by atoms with Gasteiger partial charge in [-0.15, -0.1) is 0 Å². The van der Waals surface area contributed by atoms with E-state index in [0.29, 0.717) is 13.2 Å². The van der Waals surface area contributed by atoms with Gasteiger partial charge in [-0.25, -0.2) is 0 Å². The molecule has 102 valence electrons. The second-order valence-electron chi connectivity index (χ2n) is 5.75. The van der Waals surface area contributed by atoms with Gasteiger partial charge in [0.05, 0.1) is 6.61 Å². The Kier molecular flexibility index (Phi) is 5.63. The summed E-state index contributed by atoms with van der Waals surface area (Å²) in [4.78, 5) is 0. The van der Waals surface area contributed by atoms with Gasteiger partial charge in [-0.3, -0.25) is 0 Å². The van der Waals surface area contributed by atoms with Gasteiger partial charge < -0.3 is 15.2 Å². The normalized spacial score (nSPS) is 13.4. The maximum absolute atomic E-state index is 6.27. The summed E-state index contributed by atoms with van der Waals surface area (Å²) in [5, 5.41) is 0. The van der Waals surface area contributed by atoms with E-state index in [1.54, 1.807) is 7.11 Å². The minimum atomic E-state index is 0.00347. The zero-order valence-corrected chi connectivity index (χ0v) is 11.9. The Morgan fingerprint density at radius 1 is 1.17 bits per heavy atom. The molecule has 0 fully saturated rings. The number of rotatable bonds is 6. The van der Waals surface area contributed by atoms with Crippen molar-refractivity contribution in [1.82, 2.24) is 0 Å². The molecule has 18 heavy (non-hydrogen) atoms. The van der Waals surface area contributed by atoms with Crippen molar-refractivity contribution in [3.05, 3.63) is 29.8 Å². The van der Waals surface area contributed by atoms with Gasteiger partial charge in [0.15, 0.2) is 0 Å². The van der Waals surface area contributed by atoms with Crippen LogP contribution in [-0.4, -0.2) is 20.3 Å². The SMILES string of the molecule is COCCOc1ccccc1C(N)CC(C)(C)C. The third-order valence-electron chi connectivity index (χ3n) is 2.70. The molecule has 0 saturated carbocycles. The molecule has 0 aliphatic heterocycles. The van der Waals surface area contributed by atoms with Crippen LogP contribution >= 0.6 is 0 Å². The average molecular weight is 251 g/mol. The fourth-order valence-electron chi connectivity index (χ4n) is 1.92. The van der Waals surface area contributed by atoms with Crippen molar-refractivity contribution in [1.29, 1.82) is 0 Å². The van der Waals surface area contributed by atoms with E-state index in [2.05, 4.69) is 20.8 Å². The van der Waals surface area contributed by atoms with Crippen LogP contribution in [0.25, 0.3) is 0 Å².